The van der Waals surface area contributed by atoms with E-state index < -0.39 is 11.8 Å². The number of hydrogen-bond donors (Lipinski definition) is 1. The van der Waals surface area contributed by atoms with Crippen LogP contribution < -0.4 is 4.90 Å². The summed E-state index contributed by atoms with van der Waals surface area (Å²) in [6, 6.07) is 5.39. The fourth-order valence-corrected chi connectivity index (χ4v) is 2.87. The lowest BCUT2D eigenvalue weighted by Crippen LogP contribution is -2.51. The van der Waals surface area contributed by atoms with Crippen LogP contribution in [0, 0.1) is 11.7 Å². The van der Waals surface area contributed by atoms with E-state index in [2.05, 4.69) is 9.72 Å². The van der Waals surface area contributed by atoms with E-state index in [0.29, 0.717) is 23.7 Å². The highest BCUT2D eigenvalue weighted by atomic mass is 35.5. The molecule has 1 aromatic carbocycles. The molecule has 0 saturated carbocycles. The van der Waals surface area contributed by atoms with Gasteiger partial charge in [-0.3, -0.25) is 4.79 Å². The Morgan fingerprint density at radius 1 is 1.36 bits per heavy atom. The molecule has 2 heterocycles. The standard InChI is InChI=1S/C17H14ClFN2O4/c1-25-17(24)10-7-21(8-10)15-13(16(22)23)4-9(6-20-15)12-5-11(18)2-3-14(12)19/h2-6,10H,7-8H2,1H3,(H,22,23). The first-order valence-electron chi connectivity index (χ1n) is 7.42. The van der Waals surface area contributed by atoms with Gasteiger partial charge in [0.1, 0.15) is 17.2 Å². The Morgan fingerprint density at radius 2 is 2.08 bits per heavy atom. The van der Waals surface area contributed by atoms with Crippen LogP contribution in [-0.4, -0.2) is 42.2 Å². The minimum absolute atomic E-state index is 0.0693. The lowest BCUT2D eigenvalue weighted by atomic mass is 9.98. The highest BCUT2D eigenvalue weighted by molar-refractivity contribution is 6.30. The molecule has 1 fully saturated rings. The number of nitrogens with zero attached hydrogens (tertiary/aromatic N) is 2. The number of halogens is 2. The molecular weight excluding hydrogens is 351 g/mol. The van der Waals surface area contributed by atoms with Gasteiger partial charge in [0.05, 0.1) is 13.0 Å². The molecule has 1 aromatic heterocycles. The number of methoxy groups -OCH3 is 1. The average Bonchev–Trinajstić information content (AvgIpc) is 2.55. The summed E-state index contributed by atoms with van der Waals surface area (Å²) in [6.45, 7) is 0.648. The maximum atomic E-state index is 14.0. The predicted octanol–water partition coefficient (Wildman–Crippen LogP) is 2.85. The van der Waals surface area contributed by atoms with Crippen LogP contribution in [0.25, 0.3) is 11.1 Å². The van der Waals surface area contributed by atoms with E-state index >= 15 is 0 Å². The van der Waals surface area contributed by atoms with Crippen molar-refractivity contribution in [3.8, 4) is 11.1 Å². The van der Waals surface area contributed by atoms with Gasteiger partial charge in [-0.25, -0.2) is 14.2 Å². The number of ether oxygens (including phenoxy) is 1. The lowest BCUT2D eigenvalue weighted by molar-refractivity contribution is -0.146. The van der Waals surface area contributed by atoms with E-state index in [1.807, 2.05) is 0 Å². The fourth-order valence-electron chi connectivity index (χ4n) is 2.70. The number of aromatic nitrogens is 1. The number of pyridine rings is 1. The number of esters is 1. The Balaban J connectivity index is 1.94. The van der Waals surface area contributed by atoms with Gasteiger partial charge in [-0.1, -0.05) is 11.6 Å². The molecule has 0 atom stereocenters. The molecule has 2 aromatic rings. The topological polar surface area (TPSA) is 79.7 Å². The molecule has 8 heteroatoms. The van der Waals surface area contributed by atoms with Gasteiger partial charge in [-0.15, -0.1) is 0 Å². The number of anilines is 1. The van der Waals surface area contributed by atoms with Crippen molar-refractivity contribution < 1.29 is 23.8 Å². The van der Waals surface area contributed by atoms with Crippen molar-refractivity contribution in [2.75, 3.05) is 25.1 Å². The summed E-state index contributed by atoms with van der Waals surface area (Å²) in [4.78, 5) is 28.9. The van der Waals surface area contributed by atoms with E-state index in [4.69, 9.17) is 11.6 Å². The largest absolute Gasteiger partial charge is 0.478 e. The minimum atomic E-state index is -1.19. The van der Waals surface area contributed by atoms with Crippen LogP contribution >= 0.6 is 11.6 Å². The van der Waals surface area contributed by atoms with Gasteiger partial charge in [0.2, 0.25) is 0 Å². The normalized spacial score (nSPS) is 14.1. The minimum Gasteiger partial charge on any atom is -0.478 e. The molecule has 0 aliphatic carbocycles. The third kappa shape index (κ3) is 3.28. The second-order valence-corrected chi connectivity index (χ2v) is 6.09. The Bertz CT molecular complexity index is 853. The van der Waals surface area contributed by atoms with Gasteiger partial charge in [-0.05, 0) is 24.3 Å². The molecule has 0 radical (unpaired) electrons. The average molecular weight is 365 g/mol. The van der Waals surface area contributed by atoms with Gasteiger partial charge in [0.15, 0.2) is 0 Å². The van der Waals surface area contributed by atoms with E-state index in [9.17, 15) is 19.1 Å². The lowest BCUT2D eigenvalue weighted by Gasteiger charge is -2.38. The second kappa shape index (κ2) is 6.68. The molecular formula is C17H14ClFN2O4. The summed E-state index contributed by atoms with van der Waals surface area (Å²) in [5, 5.41) is 9.81. The first kappa shape index (κ1) is 17.2. The summed E-state index contributed by atoms with van der Waals surface area (Å²) < 4.78 is 18.7. The SMILES string of the molecule is COC(=O)C1CN(c2ncc(-c3cc(Cl)ccc3F)cc2C(=O)O)C1. The Kier molecular flexibility index (Phi) is 4.59. The summed E-state index contributed by atoms with van der Waals surface area (Å²) in [7, 11) is 1.31. The summed E-state index contributed by atoms with van der Waals surface area (Å²) in [5.41, 5.74) is 0.413. The number of aromatic carboxylic acids is 1. The van der Waals surface area contributed by atoms with Crippen molar-refractivity contribution in [2.24, 2.45) is 5.92 Å². The summed E-state index contributed by atoms with van der Waals surface area (Å²) >= 11 is 5.89. The second-order valence-electron chi connectivity index (χ2n) is 5.65. The zero-order chi connectivity index (χ0) is 18.1. The van der Waals surface area contributed by atoms with Gasteiger partial charge in [0.25, 0.3) is 0 Å². The number of benzene rings is 1. The first-order chi connectivity index (χ1) is 11.9. The number of carboxylic acid groups (broad SMARTS) is 1. The van der Waals surface area contributed by atoms with Gasteiger partial charge < -0.3 is 14.7 Å². The van der Waals surface area contributed by atoms with Crippen molar-refractivity contribution in [3.05, 3.63) is 46.9 Å². The van der Waals surface area contributed by atoms with Crippen LogP contribution in [0.5, 0.6) is 0 Å². The maximum absolute atomic E-state index is 14.0. The number of carboxylic acids is 1. The smallest absolute Gasteiger partial charge is 0.339 e. The Labute approximate surface area is 147 Å². The van der Waals surface area contributed by atoms with Crippen molar-refractivity contribution in [3.63, 3.8) is 0 Å². The fraction of sp³-hybridized carbons (Fsp3) is 0.235. The van der Waals surface area contributed by atoms with Crippen molar-refractivity contribution in [1.82, 2.24) is 4.98 Å². The summed E-state index contributed by atoms with van der Waals surface area (Å²) in [6.07, 6.45) is 1.39. The molecule has 25 heavy (non-hydrogen) atoms. The Hall–Kier alpha value is -2.67. The molecule has 1 N–H and O–H groups in total. The van der Waals surface area contributed by atoms with Crippen LogP contribution in [0.3, 0.4) is 0 Å². The van der Waals surface area contributed by atoms with Crippen LogP contribution in [0.2, 0.25) is 5.02 Å². The quantitative estimate of drug-likeness (QED) is 0.840. The molecule has 1 aliphatic heterocycles. The van der Waals surface area contributed by atoms with Gasteiger partial charge in [0, 0.05) is 35.4 Å². The van der Waals surface area contributed by atoms with Gasteiger partial charge >= 0.3 is 11.9 Å². The number of rotatable bonds is 4. The first-order valence-corrected chi connectivity index (χ1v) is 7.80. The molecule has 0 bridgehead atoms. The molecule has 1 aliphatic rings. The highest BCUT2D eigenvalue weighted by Crippen LogP contribution is 2.32. The third-order valence-corrected chi connectivity index (χ3v) is 4.29. The van der Waals surface area contributed by atoms with Crippen LogP contribution in [0.15, 0.2) is 30.5 Å². The molecule has 0 spiro atoms. The maximum Gasteiger partial charge on any atom is 0.339 e. The van der Waals surface area contributed by atoms with Crippen molar-refractivity contribution in [1.29, 1.82) is 0 Å². The summed E-state index contributed by atoms with van der Waals surface area (Å²) in [5.74, 6) is -2.12. The van der Waals surface area contributed by atoms with Crippen LogP contribution in [-0.2, 0) is 9.53 Å². The van der Waals surface area contributed by atoms with E-state index in [1.165, 1.54) is 37.6 Å². The molecule has 0 unspecified atom stereocenters. The zero-order valence-corrected chi connectivity index (χ0v) is 14.0. The predicted molar refractivity (Wildman–Crippen MR) is 89.3 cm³/mol. The van der Waals surface area contributed by atoms with E-state index in [-0.39, 0.29) is 28.8 Å². The number of carbonyl (C=O) groups is 2. The Morgan fingerprint density at radius 3 is 2.72 bits per heavy atom. The van der Waals surface area contributed by atoms with Crippen molar-refractivity contribution >= 4 is 29.4 Å². The molecule has 130 valence electrons. The van der Waals surface area contributed by atoms with E-state index in [0.717, 1.165) is 0 Å². The zero-order valence-electron chi connectivity index (χ0n) is 13.2. The van der Waals surface area contributed by atoms with Crippen LogP contribution in [0.4, 0.5) is 10.2 Å². The molecule has 0 amide bonds. The molecule has 3 rings (SSSR count). The number of hydrogen-bond acceptors (Lipinski definition) is 5. The third-order valence-electron chi connectivity index (χ3n) is 4.05. The number of carbonyl (C=O) groups excluding carboxylic acids is 1. The molecule has 1 saturated heterocycles. The van der Waals surface area contributed by atoms with Crippen molar-refractivity contribution in [2.45, 2.75) is 0 Å². The van der Waals surface area contributed by atoms with Crippen LogP contribution in [0.1, 0.15) is 10.4 Å². The van der Waals surface area contributed by atoms with E-state index in [1.54, 1.807) is 4.90 Å². The molecule has 6 nitrogen and oxygen atoms in total. The van der Waals surface area contributed by atoms with Gasteiger partial charge in [-0.2, -0.15) is 0 Å². The monoisotopic (exact) mass is 364 g/mol. The highest BCUT2D eigenvalue weighted by Gasteiger charge is 2.36.